The first-order chi connectivity index (χ1) is 8.70. The normalized spacial score (nSPS) is 10.6. The molecule has 18 heavy (non-hydrogen) atoms. The fourth-order valence-electron chi connectivity index (χ4n) is 1.37. The fraction of sp³-hybridized carbons (Fsp3) is 0.143. The Morgan fingerprint density at radius 1 is 1.17 bits per heavy atom. The quantitative estimate of drug-likeness (QED) is 0.491. The molecule has 0 aliphatic rings. The molecule has 0 saturated heterocycles. The Balaban J connectivity index is 2.93. The number of rotatable bonds is 7. The second-order valence-corrected chi connectivity index (χ2v) is 5.17. The number of anilines is 1. The van der Waals surface area contributed by atoms with Crippen molar-refractivity contribution in [2.75, 3.05) is 17.2 Å². The highest BCUT2D eigenvalue weighted by Crippen LogP contribution is 2.33. The number of thioether (sulfide) groups is 1. The summed E-state index contributed by atoms with van der Waals surface area (Å²) in [5, 5.41) is 3.25. The molecule has 96 valence electrons. The van der Waals surface area contributed by atoms with Crippen molar-refractivity contribution in [3.63, 3.8) is 0 Å². The predicted molar refractivity (Wildman–Crippen MR) is 85.8 cm³/mol. The highest BCUT2D eigenvalue weighted by atomic mass is 35.5. The summed E-state index contributed by atoms with van der Waals surface area (Å²) in [6, 6.07) is 5.48. The number of hydrogen-bond acceptors (Lipinski definition) is 2. The van der Waals surface area contributed by atoms with Gasteiger partial charge in [0, 0.05) is 18.5 Å². The van der Waals surface area contributed by atoms with Crippen LogP contribution < -0.4 is 4.90 Å². The molecule has 4 heteroatoms. The second kappa shape index (κ2) is 8.30. The van der Waals surface area contributed by atoms with Crippen molar-refractivity contribution in [3.05, 3.63) is 65.2 Å². The molecule has 0 N–H and O–H groups in total. The molecule has 0 saturated carbocycles. The highest BCUT2D eigenvalue weighted by Gasteiger charge is 2.10. The van der Waals surface area contributed by atoms with Gasteiger partial charge in [-0.1, -0.05) is 41.4 Å². The van der Waals surface area contributed by atoms with E-state index >= 15 is 0 Å². The van der Waals surface area contributed by atoms with Gasteiger partial charge in [-0.2, -0.15) is 0 Å². The molecule has 0 unspecified atom stereocenters. The molecule has 1 rings (SSSR count). The zero-order valence-electron chi connectivity index (χ0n) is 9.98. The van der Waals surface area contributed by atoms with E-state index in [-0.39, 0.29) is 0 Å². The van der Waals surface area contributed by atoms with Gasteiger partial charge in [0.15, 0.2) is 0 Å². The lowest BCUT2D eigenvalue weighted by Gasteiger charge is -2.21. The number of halogens is 2. The van der Waals surface area contributed by atoms with Crippen LogP contribution in [0.3, 0.4) is 0 Å². The maximum Gasteiger partial charge on any atom is 0.0787 e. The van der Waals surface area contributed by atoms with E-state index < -0.39 is 0 Å². The Morgan fingerprint density at radius 2 is 1.83 bits per heavy atom. The van der Waals surface area contributed by atoms with Gasteiger partial charge >= 0.3 is 0 Å². The summed E-state index contributed by atoms with van der Waals surface area (Å²) >= 11 is 14.0. The first-order valence-corrected chi connectivity index (χ1v) is 7.22. The van der Waals surface area contributed by atoms with E-state index in [4.69, 9.17) is 23.2 Å². The lowest BCUT2D eigenvalue weighted by atomic mass is 10.3. The Labute approximate surface area is 123 Å². The number of benzene rings is 1. The Bertz CT molecular complexity index is 423. The van der Waals surface area contributed by atoms with E-state index in [0.717, 1.165) is 11.4 Å². The van der Waals surface area contributed by atoms with Crippen molar-refractivity contribution in [2.24, 2.45) is 0 Å². The minimum atomic E-state index is 0.628. The van der Waals surface area contributed by atoms with Gasteiger partial charge in [-0.3, -0.25) is 0 Å². The zero-order valence-corrected chi connectivity index (χ0v) is 12.3. The zero-order chi connectivity index (χ0) is 13.4. The summed E-state index contributed by atoms with van der Waals surface area (Å²) in [5.41, 5.74) is 0.802. The molecule has 0 aliphatic heterocycles. The van der Waals surface area contributed by atoms with Gasteiger partial charge in [-0.15, -0.1) is 24.9 Å². The molecular weight excluding hydrogens is 285 g/mol. The number of nitrogens with zero attached hydrogens (tertiary/aromatic N) is 1. The molecule has 1 aromatic rings. The van der Waals surface area contributed by atoms with Crippen molar-refractivity contribution in [2.45, 2.75) is 0 Å². The van der Waals surface area contributed by atoms with Crippen molar-refractivity contribution in [3.8, 4) is 0 Å². The van der Waals surface area contributed by atoms with E-state index in [1.165, 1.54) is 0 Å². The van der Waals surface area contributed by atoms with Crippen LogP contribution in [0.4, 0.5) is 5.69 Å². The average molecular weight is 300 g/mol. The summed E-state index contributed by atoms with van der Waals surface area (Å²) in [7, 11) is 0. The summed E-state index contributed by atoms with van der Waals surface area (Å²) in [5.74, 6) is 0.870. The van der Waals surface area contributed by atoms with Crippen LogP contribution in [-0.4, -0.2) is 12.3 Å². The van der Waals surface area contributed by atoms with Gasteiger partial charge < -0.3 is 4.90 Å². The predicted octanol–water partition coefficient (Wildman–Crippen LogP) is 5.38. The van der Waals surface area contributed by atoms with Crippen LogP contribution in [0, 0.1) is 0 Å². The molecule has 1 nitrogen and oxygen atoms in total. The van der Waals surface area contributed by atoms with Gasteiger partial charge in [0.2, 0.25) is 0 Å². The fourth-order valence-corrected chi connectivity index (χ4v) is 2.46. The van der Waals surface area contributed by atoms with Crippen LogP contribution in [0.15, 0.2) is 55.1 Å². The minimum Gasteiger partial charge on any atom is -0.341 e. The highest BCUT2D eigenvalue weighted by molar-refractivity contribution is 8.02. The second-order valence-electron chi connectivity index (χ2n) is 3.42. The molecule has 0 aromatic heterocycles. The molecule has 1 aromatic carbocycles. The molecule has 0 spiro atoms. The van der Waals surface area contributed by atoms with Gasteiger partial charge in [0.25, 0.3) is 0 Å². The minimum absolute atomic E-state index is 0.628. The van der Waals surface area contributed by atoms with Gasteiger partial charge in [0.05, 0.1) is 15.7 Å². The monoisotopic (exact) mass is 299 g/mol. The maximum atomic E-state index is 6.18. The summed E-state index contributed by atoms with van der Waals surface area (Å²) in [4.78, 5) is 1.97. The molecule has 0 radical (unpaired) electrons. The van der Waals surface area contributed by atoms with E-state index in [1.54, 1.807) is 11.8 Å². The van der Waals surface area contributed by atoms with Gasteiger partial charge in [0.1, 0.15) is 0 Å². The van der Waals surface area contributed by atoms with Crippen LogP contribution in [0.2, 0.25) is 10.0 Å². The van der Waals surface area contributed by atoms with Crippen LogP contribution in [0.5, 0.6) is 0 Å². The summed E-state index contributed by atoms with van der Waals surface area (Å²) < 4.78 is 0. The molecule has 0 aliphatic carbocycles. The third kappa shape index (κ3) is 4.45. The molecule has 0 fully saturated rings. The average Bonchev–Trinajstić information content (AvgIpc) is 2.34. The summed E-state index contributed by atoms with van der Waals surface area (Å²) in [6.45, 7) is 8.07. The topological polar surface area (TPSA) is 3.24 Å². The number of hydrogen-bond donors (Lipinski definition) is 0. The Kier molecular flexibility index (Phi) is 7.02. The van der Waals surface area contributed by atoms with Crippen molar-refractivity contribution in [1.29, 1.82) is 0 Å². The first kappa shape index (κ1) is 15.2. The van der Waals surface area contributed by atoms with Crippen LogP contribution in [-0.2, 0) is 0 Å². The molecular formula is C14H15Cl2NS. The van der Waals surface area contributed by atoms with E-state index in [9.17, 15) is 0 Å². The van der Waals surface area contributed by atoms with Crippen molar-refractivity contribution in [1.82, 2.24) is 0 Å². The lowest BCUT2D eigenvalue weighted by Crippen LogP contribution is -2.16. The summed E-state index contributed by atoms with van der Waals surface area (Å²) in [6.07, 6.45) is 5.61. The van der Waals surface area contributed by atoms with E-state index in [1.807, 2.05) is 46.9 Å². The molecule has 0 bridgehead atoms. The third-order valence-electron chi connectivity index (χ3n) is 2.10. The van der Waals surface area contributed by atoms with Gasteiger partial charge in [-0.05, 0) is 17.5 Å². The van der Waals surface area contributed by atoms with Crippen molar-refractivity contribution >= 4 is 40.7 Å². The first-order valence-electron chi connectivity index (χ1n) is 5.41. The van der Waals surface area contributed by atoms with E-state index in [2.05, 4.69) is 13.2 Å². The van der Waals surface area contributed by atoms with Crippen LogP contribution >= 0.6 is 35.0 Å². The smallest absolute Gasteiger partial charge is 0.0787 e. The number of para-hydroxylation sites is 1. The molecule has 0 atom stereocenters. The van der Waals surface area contributed by atoms with Crippen molar-refractivity contribution < 1.29 is 0 Å². The largest absolute Gasteiger partial charge is 0.341 e. The van der Waals surface area contributed by atoms with Gasteiger partial charge in [-0.25, -0.2) is 0 Å². The standard InChI is InChI=1S/C14H15Cl2NS/c1-3-8-17(9-11-18-10-4-2)14-12(15)6-5-7-13(14)16/h3-7,9,11H,1-2,8,10H2. The lowest BCUT2D eigenvalue weighted by molar-refractivity contribution is 1.09. The van der Waals surface area contributed by atoms with Crippen LogP contribution in [0.1, 0.15) is 0 Å². The maximum absolute atomic E-state index is 6.18. The van der Waals surface area contributed by atoms with E-state index in [0.29, 0.717) is 16.6 Å². The van der Waals surface area contributed by atoms with Crippen LogP contribution in [0.25, 0.3) is 0 Å². The molecule has 0 heterocycles. The Hall–Kier alpha value is -0.830. The third-order valence-corrected chi connectivity index (χ3v) is 3.45. The Morgan fingerprint density at radius 3 is 2.39 bits per heavy atom. The molecule has 0 amide bonds. The SMILES string of the molecule is C=CCSC=CN(CC=C)c1c(Cl)cccc1Cl.